The first kappa shape index (κ1) is 23.1. The van der Waals surface area contributed by atoms with Gasteiger partial charge in [0.25, 0.3) is 5.91 Å². The highest BCUT2D eigenvalue weighted by Crippen LogP contribution is 2.37. The second-order valence-corrected chi connectivity index (χ2v) is 7.76. The molecule has 8 heteroatoms. The summed E-state index contributed by atoms with van der Waals surface area (Å²) < 4.78 is 16.7. The number of rotatable bonds is 9. The molecule has 2 heterocycles. The average Bonchev–Trinajstić information content (AvgIpc) is 2.88. The van der Waals surface area contributed by atoms with Crippen molar-refractivity contribution >= 4 is 17.6 Å². The number of anilines is 1. The van der Waals surface area contributed by atoms with E-state index in [9.17, 15) is 9.59 Å². The van der Waals surface area contributed by atoms with Crippen molar-refractivity contribution < 1.29 is 23.8 Å². The van der Waals surface area contributed by atoms with Crippen molar-refractivity contribution in [3.05, 3.63) is 78.0 Å². The summed E-state index contributed by atoms with van der Waals surface area (Å²) in [6.07, 6.45) is 1.62. The first-order chi connectivity index (χ1) is 16.6. The van der Waals surface area contributed by atoms with Crippen LogP contribution in [0.3, 0.4) is 0 Å². The third-order valence-electron chi connectivity index (χ3n) is 5.59. The Labute approximate surface area is 198 Å². The van der Waals surface area contributed by atoms with E-state index in [1.165, 1.54) is 0 Å². The predicted molar refractivity (Wildman–Crippen MR) is 127 cm³/mol. The number of methoxy groups -OCH3 is 2. The van der Waals surface area contributed by atoms with Crippen molar-refractivity contribution in [2.75, 3.05) is 25.7 Å². The molecule has 0 unspecified atom stereocenters. The van der Waals surface area contributed by atoms with Gasteiger partial charge in [-0.15, -0.1) is 0 Å². The molecule has 34 heavy (non-hydrogen) atoms. The quantitative estimate of drug-likeness (QED) is 0.523. The molecule has 0 bridgehead atoms. The van der Waals surface area contributed by atoms with Gasteiger partial charge >= 0.3 is 0 Å². The van der Waals surface area contributed by atoms with Crippen molar-refractivity contribution in [1.82, 2.24) is 10.3 Å². The van der Waals surface area contributed by atoms with Gasteiger partial charge in [0.05, 0.1) is 14.2 Å². The molecule has 2 amide bonds. The van der Waals surface area contributed by atoms with Gasteiger partial charge in [0, 0.05) is 36.8 Å². The number of pyridine rings is 1. The first-order valence-electron chi connectivity index (χ1n) is 11.1. The third kappa shape index (κ3) is 4.96. The van der Waals surface area contributed by atoms with Gasteiger partial charge in [0.1, 0.15) is 0 Å². The number of fused-ring (bicyclic) bond motifs is 1. The van der Waals surface area contributed by atoms with Crippen LogP contribution < -0.4 is 24.4 Å². The van der Waals surface area contributed by atoms with E-state index < -0.39 is 6.10 Å². The van der Waals surface area contributed by atoms with E-state index in [2.05, 4.69) is 10.3 Å². The number of nitrogens with zero attached hydrogens (tertiary/aromatic N) is 2. The Kier molecular flexibility index (Phi) is 7.27. The summed E-state index contributed by atoms with van der Waals surface area (Å²) >= 11 is 0. The fourth-order valence-corrected chi connectivity index (χ4v) is 3.93. The number of benzene rings is 2. The van der Waals surface area contributed by atoms with Gasteiger partial charge in [-0.3, -0.25) is 14.5 Å². The summed E-state index contributed by atoms with van der Waals surface area (Å²) in [5, 5.41) is 2.91. The van der Waals surface area contributed by atoms with Crippen LogP contribution in [0, 0.1) is 0 Å². The highest BCUT2D eigenvalue weighted by molar-refractivity contribution is 5.99. The molecule has 0 spiro atoms. The second kappa shape index (κ2) is 10.7. The minimum Gasteiger partial charge on any atom is -0.493 e. The van der Waals surface area contributed by atoms with E-state index in [-0.39, 0.29) is 18.2 Å². The molecule has 0 saturated heterocycles. The van der Waals surface area contributed by atoms with Gasteiger partial charge < -0.3 is 19.5 Å². The summed E-state index contributed by atoms with van der Waals surface area (Å²) in [7, 11) is 3.14. The zero-order chi connectivity index (χ0) is 23.9. The van der Waals surface area contributed by atoms with E-state index in [1.807, 2.05) is 42.5 Å². The standard InChI is InChI=1S/C26H27N3O5/c1-32-20-12-6-11-19(23(20)33-2)17-28-22(30)14-8-16-29-25-21(13-7-15-27-25)34-24(26(29)31)18-9-4-3-5-10-18/h3-7,9-13,15,24H,8,14,16-17H2,1-2H3,(H,28,30)/t24-/m1/s1. The van der Waals surface area contributed by atoms with Gasteiger partial charge in [0.15, 0.2) is 23.1 Å². The second-order valence-electron chi connectivity index (χ2n) is 7.76. The lowest BCUT2D eigenvalue weighted by Crippen LogP contribution is -2.42. The van der Waals surface area contributed by atoms with Crippen LogP contribution in [0.2, 0.25) is 0 Å². The molecule has 176 valence electrons. The smallest absolute Gasteiger partial charge is 0.274 e. The largest absolute Gasteiger partial charge is 0.493 e. The molecule has 1 aliphatic heterocycles. The minimum absolute atomic E-state index is 0.119. The maximum absolute atomic E-state index is 13.2. The van der Waals surface area contributed by atoms with Crippen molar-refractivity contribution in [1.29, 1.82) is 0 Å². The molecule has 3 aromatic rings. The normalized spacial score (nSPS) is 14.7. The fourth-order valence-electron chi connectivity index (χ4n) is 3.93. The van der Waals surface area contributed by atoms with Crippen LogP contribution in [0.1, 0.15) is 30.1 Å². The Balaban J connectivity index is 1.38. The highest BCUT2D eigenvalue weighted by atomic mass is 16.5. The minimum atomic E-state index is -0.743. The number of aromatic nitrogens is 1. The summed E-state index contributed by atoms with van der Waals surface area (Å²) in [6.45, 7) is 0.668. The number of hydrogen-bond donors (Lipinski definition) is 1. The Morgan fingerprint density at radius 3 is 2.65 bits per heavy atom. The van der Waals surface area contributed by atoms with E-state index in [4.69, 9.17) is 14.2 Å². The number of carbonyl (C=O) groups excluding carboxylic acids is 2. The molecular formula is C26H27N3O5. The molecule has 8 nitrogen and oxygen atoms in total. The molecule has 1 atom stereocenters. The Hall–Kier alpha value is -4.07. The number of ether oxygens (including phenoxy) is 3. The molecule has 1 aromatic heterocycles. The number of nitrogens with one attached hydrogen (secondary N) is 1. The number of para-hydroxylation sites is 1. The van der Waals surface area contributed by atoms with Crippen LogP contribution in [-0.4, -0.2) is 37.6 Å². The average molecular weight is 462 g/mol. The topological polar surface area (TPSA) is 90.0 Å². The molecule has 0 saturated carbocycles. The maximum atomic E-state index is 13.2. The fraction of sp³-hybridized carbons (Fsp3) is 0.269. The van der Waals surface area contributed by atoms with Crippen LogP contribution in [0.5, 0.6) is 17.2 Å². The molecule has 1 aliphatic rings. The van der Waals surface area contributed by atoms with Crippen molar-refractivity contribution in [3.8, 4) is 17.2 Å². The van der Waals surface area contributed by atoms with Crippen LogP contribution in [0.25, 0.3) is 0 Å². The molecule has 4 rings (SSSR count). The van der Waals surface area contributed by atoms with Crippen LogP contribution >= 0.6 is 0 Å². The molecular weight excluding hydrogens is 434 g/mol. The van der Waals surface area contributed by atoms with E-state index in [0.717, 1.165) is 11.1 Å². The van der Waals surface area contributed by atoms with Gasteiger partial charge in [0.2, 0.25) is 12.0 Å². The molecule has 2 aromatic carbocycles. The van der Waals surface area contributed by atoms with E-state index >= 15 is 0 Å². The molecule has 0 fully saturated rings. The lowest BCUT2D eigenvalue weighted by atomic mass is 10.1. The van der Waals surface area contributed by atoms with Gasteiger partial charge in [-0.1, -0.05) is 42.5 Å². The van der Waals surface area contributed by atoms with Crippen LogP contribution in [-0.2, 0) is 16.1 Å². The monoisotopic (exact) mass is 461 g/mol. The Morgan fingerprint density at radius 1 is 1.06 bits per heavy atom. The number of carbonyl (C=O) groups is 2. The van der Waals surface area contributed by atoms with Crippen LogP contribution in [0.15, 0.2) is 66.9 Å². The van der Waals surface area contributed by atoms with Crippen LogP contribution in [0.4, 0.5) is 5.82 Å². The van der Waals surface area contributed by atoms with Gasteiger partial charge in [-0.05, 0) is 24.6 Å². The lowest BCUT2D eigenvalue weighted by Gasteiger charge is -2.33. The van der Waals surface area contributed by atoms with Gasteiger partial charge in [-0.2, -0.15) is 0 Å². The number of amides is 2. The molecule has 0 radical (unpaired) electrons. The summed E-state index contributed by atoms with van der Waals surface area (Å²) in [6, 6.07) is 18.5. The number of hydrogen-bond acceptors (Lipinski definition) is 6. The first-order valence-corrected chi connectivity index (χ1v) is 11.1. The van der Waals surface area contributed by atoms with Crippen molar-refractivity contribution in [3.63, 3.8) is 0 Å². The van der Waals surface area contributed by atoms with Crippen molar-refractivity contribution in [2.45, 2.75) is 25.5 Å². The summed E-state index contributed by atoms with van der Waals surface area (Å²) in [5.74, 6) is 1.91. The maximum Gasteiger partial charge on any atom is 0.274 e. The molecule has 1 N–H and O–H groups in total. The van der Waals surface area contributed by atoms with E-state index in [0.29, 0.717) is 42.6 Å². The zero-order valence-corrected chi connectivity index (χ0v) is 19.2. The predicted octanol–water partition coefficient (Wildman–Crippen LogP) is 3.66. The zero-order valence-electron chi connectivity index (χ0n) is 19.2. The van der Waals surface area contributed by atoms with Crippen molar-refractivity contribution in [2.24, 2.45) is 0 Å². The highest BCUT2D eigenvalue weighted by Gasteiger charge is 2.36. The lowest BCUT2D eigenvalue weighted by molar-refractivity contribution is -0.127. The summed E-state index contributed by atoms with van der Waals surface area (Å²) in [4.78, 5) is 31.7. The Morgan fingerprint density at radius 2 is 1.88 bits per heavy atom. The molecule has 0 aliphatic carbocycles. The summed E-state index contributed by atoms with van der Waals surface area (Å²) in [5.41, 5.74) is 1.60. The van der Waals surface area contributed by atoms with Gasteiger partial charge in [-0.25, -0.2) is 4.98 Å². The Bertz CT molecular complexity index is 1150. The SMILES string of the molecule is COc1cccc(CNC(=O)CCCN2C(=O)[C@@H](c3ccccc3)Oc3cccnc32)c1OC. The third-order valence-corrected chi connectivity index (χ3v) is 5.59. The van der Waals surface area contributed by atoms with E-state index in [1.54, 1.807) is 43.5 Å².